The summed E-state index contributed by atoms with van der Waals surface area (Å²) in [5, 5.41) is 0.524. The van der Waals surface area contributed by atoms with E-state index in [1.807, 2.05) is 49.4 Å². The molecule has 0 radical (unpaired) electrons. The number of aryl methyl sites for hydroxylation is 1. The van der Waals surface area contributed by atoms with E-state index in [1.165, 1.54) is 7.11 Å². The molecule has 246 valence electrons. The Labute approximate surface area is 304 Å². The highest BCUT2D eigenvalue weighted by Crippen LogP contribution is 2.71. The number of ether oxygens (including phenoxy) is 1. The van der Waals surface area contributed by atoms with Crippen molar-refractivity contribution in [1.29, 1.82) is 0 Å². The Balaban J connectivity index is 0.000000333. The molecular formula is C29H28Br2Cl2F2NO4P5S. The van der Waals surface area contributed by atoms with E-state index in [2.05, 4.69) is 68.2 Å². The van der Waals surface area contributed by atoms with Crippen molar-refractivity contribution < 1.29 is 26.7 Å². The van der Waals surface area contributed by atoms with Crippen LogP contribution in [0.15, 0.2) is 98.8 Å². The summed E-state index contributed by atoms with van der Waals surface area (Å²) < 4.78 is 51.9. The van der Waals surface area contributed by atoms with E-state index in [0.717, 1.165) is 57.9 Å². The summed E-state index contributed by atoms with van der Waals surface area (Å²) >= 11 is 12.9. The predicted octanol–water partition coefficient (Wildman–Crippen LogP) is 12.8. The Kier molecular flexibility index (Phi) is 20.9. The maximum absolute atomic E-state index is 12.0. The van der Waals surface area contributed by atoms with Gasteiger partial charge in [-0.3, -0.25) is 0 Å². The van der Waals surface area contributed by atoms with Gasteiger partial charge in [0, 0.05) is 35.8 Å². The minimum Gasteiger partial charge on any atom is -0.465 e. The largest absolute Gasteiger partial charge is 0.465 e. The van der Waals surface area contributed by atoms with Crippen LogP contribution in [0.1, 0.15) is 27.9 Å². The summed E-state index contributed by atoms with van der Waals surface area (Å²) in [5.74, 6) is -0.391. The van der Waals surface area contributed by atoms with Crippen LogP contribution in [-0.2, 0) is 13.8 Å². The lowest BCUT2D eigenvalue weighted by atomic mass is 10.0. The normalized spacial score (nSPS) is 10.6. The van der Waals surface area contributed by atoms with Crippen LogP contribution in [0.5, 0.6) is 0 Å². The van der Waals surface area contributed by atoms with Gasteiger partial charge >= 0.3 is 5.97 Å². The van der Waals surface area contributed by atoms with Gasteiger partial charge in [-0.2, -0.15) is 0 Å². The molecule has 4 aromatic carbocycles. The molecule has 0 aliphatic rings. The van der Waals surface area contributed by atoms with Crippen molar-refractivity contribution in [2.45, 2.75) is 18.2 Å². The summed E-state index contributed by atoms with van der Waals surface area (Å²) in [6.07, 6.45) is -2.60. The second-order valence-corrected chi connectivity index (χ2v) is 27.2. The van der Waals surface area contributed by atoms with E-state index >= 15 is 0 Å². The van der Waals surface area contributed by atoms with Crippen molar-refractivity contribution in [3.05, 3.63) is 127 Å². The van der Waals surface area contributed by atoms with Crippen molar-refractivity contribution in [2.24, 2.45) is 0 Å². The van der Waals surface area contributed by atoms with Crippen LogP contribution in [0, 0.1) is 13.5 Å². The van der Waals surface area contributed by atoms with E-state index in [-0.39, 0.29) is 17.4 Å². The highest BCUT2D eigenvalue weighted by atomic mass is 79.9. The van der Waals surface area contributed by atoms with Gasteiger partial charge in [-0.05, 0) is 61.4 Å². The van der Waals surface area contributed by atoms with Gasteiger partial charge in [-0.1, -0.05) is 99.9 Å². The number of alkyl halides is 2. The molecule has 4 atom stereocenters. The molecule has 0 fully saturated rings. The zero-order valence-corrected chi connectivity index (χ0v) is 35.0. The van der Waals surface area contributed by atoms with Crippen molar-refractivity contribution in [3.8, 4) is 11.1 Å². The van der Waals surface area contributed by atoms with Crippen LogP contribution in [-0.4, -0.2) is 21.5 Å². The molecule has 0 N–H and O–H groups in total. The van der Waals surface area contributed by atoms with Crippen molar-refractivity contribution in [3.63, 3.8) is 0 Å². The highest BCUT2D eigenvalue weighted by Gasteiger charge is 2.12. The molecule has 0 saturated heterocycles. The number of methoxy groups -OCH3 is 1. The predicted molar refractivity (Wildman–Crippen MR) is 210 cm³/mol. The van der Waals surface area contributed by atoms with Crippen LogP contribution in [0.4, 0.5) is 14.5 Å². The summed E-state index contributed by atoms with van der Waals surface area (Å²) in [6.45, 7) is 8.97. The number of carbonyl (C=O) groups is 1. The van der Waals surface area contributed by atoms with Gasteiger partial charge in [-0.25, -0.2) is 26.8 Å². The molecule has 0 spiro atoms. The van der Waals surface area contributed by atoms with Crippen LogP contribution >= 0.6 is 95.9 Å². The fourth-order valence-corrected chi connectivity index (χ4v) is 4.96. The van der Waals surface area contributed by atoms with E-state index in [0.29, 0.717) is 16.3 Å². The molecule has 4 unspecified atom stereocenters. The van der Waals surface area contributed by atoms with Gasteiger partial charge in [0.15, 0.2) is 0 Å². The molecule has 0 aliphatic heterocycles. The Morgan fingerprint density at radius 1 is 1.02 bits per heavy atom. The van der Waals surface area contributed by atoms with Gasteiger partial charge in [0.25, 0.3) is 15.5 Å². The molecule has 5 nitrogen and oxygen atoms in total. The van der Waals surface area contributed by atoms with Gasteiger partial charge in [0.2, 0.25) is 5.69 Å². The maximum atomic E-state index is 12.0. The Bertz CT molecular complexity index is 1750. The molecule has 0 bridgehead atoms. The quantitative estimate of drug-likeness (QED) is 0.0866. The second kappa shape index (κ2) is 22.1. The summed E-state index contributed by atoms with van der Waals surface area (Å²) in [5.41, 5.74) is 3.87. The third-order valence-corrected chi connectivity index (χ3v) is 20.5. The third-order valence-electron chi connectivity index (χ3n) is 5.38. The van der Waals surface area contributed by atoms with E-state index in [1.54, 1.807) is 18.2 Å². The number of rotatable bonds is 5. The molecule has 0 aliphatic carbocycles. The van der Waals surface area contributed by atoms with Crippen LogP contribution < -0.4 is 0 Å². The van der Waals surface area contributed by atoms with Crippen LogP contribution in [0.3, 0.4) is 0 Å². The van der Waals surface area contributed by atoms with E-state index in [9.17, 15) is 22.0 Å². The first kappa shape index (κ1) is 43.4. The first-order valence-electron chi connectivity index (χ1n) is 12.4. The number of carbonyl (C=O) groups excluding carboxylic acids is 1. The fraction of sp³-hybridized carbons (Fsp3) is 0.103. The monoisotopic (exact) mass is 907 g/mol. The van der Waals surface area contributed by atoms with Crippen LogP contribution in [0.2, 0.25) is 5.02 Å². The SMILES string of the molecule is COC(=O)c1ccc(-c2cccc(Br)c2)c(Cl)c1.O=S(=O)(Cl)c1ccc(C(F)F)cc1.PPP(P)P.[C-]#[N+]c1cccc(C)c1Br. The molecule has 17 heteroatoms. The number of halogens is 6. The zero-order valence-electron chi connectivity index (χ0n) is 24.1. The molecule has 0 heterocycles. The number of hydrogen-bond donors (Lipinski definition) is 0. The first-order chi connectivity index (χ1) is 21.5. The Morgan fingerprint density at radius 2 is 1.61 bits per heavy atom. The highest BCUT2D eigenvalue weighted by molar-refractivity contribution is 9.11. The standard InChI is InChI=1S/C14H10BrClO2.C8H6BrN.C7H5ClF2O2S.H7P5/c1-18-14(17)10-5-6-12(13(16)8-10)9-3-2-4-11(15)7-9;1-6-4-3-5-7(10-2)8(6)9;8-13(11,12)6-3-1-5(2-4-6)7(9)10;1-4-5(2)3/h2-8H,1H3;3-5H,1H3;1-4,7H;4H,1-3H2. The smallest absolute Gasteiger partial charge is 0.337 e. The Morgan fingerprint density at radius 3 is 2.04 bits per heavy atom. The lowest BCUT2D eigenvalue weighted by Crippen LogP contribution is -2.00. The number of hydrogen-bond acceptors (Lipinski definition) is 4. The minimum atomic E-state index is -3.82. The zero-order chi connectivity index (χ0) is 35.0. The van der Waals surface area contributed by atoms with Gasteiger partial charge < -0.3 is 4.74 Å². The van der Waals surface area contributed by atoms with E-state index < -0.39 is 21.4 Å². The molecular weight excluding hydrogens is 882 g/mol. The van der Waals surface area contributed by atoms with Gasteiger partial charge in [0.05, 0.1) is 24.1 Å². The lowest BCUT2D eigenvalue weighted by molar-refractivity contribution is 0.0600. The minimum absolute atomic E-state index is 0.182. The van der Waals surface area contributed by atoms with E-state index in [4.69, 9.17) is 28.9 Å². The maximum Gasteiger partial charge on any atom is 0.337 e. The van der Waals surface area contributed by atoms with Gasteiger partial charge in [-0.15, -0.1) is 26.8 Å². The van der Waals surface area contributed by atoms with Crippen molar-refractivity contribution >= 4 is 117 Å². The molecule has 0 aromatic heterocycles. The molecule has 4 aromatic rings. The van der Waals surface area contributed by atoms with Crippen molar-refractivity contribution in [1.82, 2.24) is 0 Å². The average Bonchev–Trinajstić information content (AvgIpc) is 3.02. The molecule has 0 saturated carbocycles. The van der Waals surface area contributed by atoms with Gasteiger partial charge in [0.1, 0.15) is 0 Å². The molecule has 0 amide bonds. The van der Waals surface area contributed by atoms with Crippen LogP contribution in [0.25, 0.3) is 16.0 Å². The topological polar surface area (TPSA) is 64.8 Å². The lowest BCUT2D eigenvalue weighted by Gasteiger charge is -2.07. The molecule has 46 heavy (non-hydrogen) atoms. The number of benzene rings is 4. The third kappa shape index (κ3) is 15.7. The molecule has 4 rings (SSSR count). The fourth-order valence-electron chi connectivity index (χ4n) is 3.14. The summed E-state index contributed by atoms with van der Waals surface area (Å²) in [7, 11) is 11.7. The number of esters is 1. The Hall–Kier alpha value is -0.660. The second-order valence-electron chi connectivity index (χ2n) is 8.56. The average molecular weight is 910 g/mol. The summed E-state index contributed by atoms with van der Waals surface area (Å²) in [4.78, 5) is 14.5. The van der Waals surface area contributed by atoms with Crippen molar-refractivity contribution in [2.75, 3.05) is 7.11 Å². The first-order valence-corrected chi connectivity index (χ1v) is 24.9. The summed E-state index contributed by atoms with van der Waals surface area (Å²) in [6, 6.07) is 22.7. The number of nitrogens with zero attached hydrogens (tertiary/aromatic N) is 1.